The Kier molecular flexibility index (Phi) is 3.99. The van der Waals surface area contributed by atoms with Gasteiger partial charge < -0.3 is 10.1 Å². The molecule has 0 aliphatic heterocycles. The van der Waals surface area contributed by atoms with Crippen molar-refractivity contribution in [2.45, 2.75) is 13.3 Å². The molecule has 17 heavy (non-hydrogen) atoms. The van der Waals surface area contributed by atoms with E-state index in [1.165, 1.54) is 16.3 Å². The first kappa shape index (κ1) is 11.9. The molecule has 0 atom stereocenters. The van der Waals surface area contributed by atoms with E-state index in [1.54, 1.807) is 7.11 Å². The minimum absolute atomic E-state index is 0.987. The molecule has 0 unspecified atom stereocenters. The molecule has 90 valence electrons. The van der Waals surface area contributed by atoms with Gasteiger partial charge >= 0.3 is 0 Å². The lowest BCUT2D eigenvalue weighted by atomic mass is 10.0. The second-order valence-corrected chi connectivity index (χ2v) is 4.07. The summed E-state index contributed by atoms with van der Waals surface area (Å²) in [4.78, 5) is 0. The van der Waals surface area contributed by atoms with E-state index in [0.29, 0.717) is 0 Å². The zero-order valence-corrected chi connectivity index (χ0v) is 10.5. The average Bonchev–Trinajstić information content (AvgIpc) is 2.39. The summed E-state index contributed by atoms with van der Waals surface area (Å²) in [7, 11) is 1.74. The number of rotatable bonds is 5. The maximum absolute atomic E-state index is 5.46. The minimum atomic E-state index is 0.987. The van der Waals surface area contributed by atoms with Crippen LogP contribution < -0.4 is 10.1 Å². The van der Waals surface area contributed by atoms with Gasteiger partial charge in [-0.1, -0.05) is 37.3 Å². The molecule has 0 saturated heterocycles. The Hall–Kier alpha value is -1.54. The molecular formula is C15H19NO. The van der Waals surface area contributed by atoms with Crippen molar-refractivity contribution in [3.63, 3.8) is 0 Å². The molecule has 2 heteroatoms. The Bertz CT molecular complexity index is 493. The minimum Gasteiger partial charge on any atom is -0.496 e. The van der Waals surface area contributed by atoms with Crippen LogP contribution in [0.2, 0.25) is 0 Å². The van der Waals surface area contributed by atoms with E-state index in [-0.39, 0.29) is 0 Å². The SMILES string of the molecule is CCNCCc1c(OC)ccc2ccccc12. The van der Waals surface area contributed by atoms with Gasteiger partial charge in [0.15, 0.2) is 0 Å². The van der Waals surface area contributed by atoms with E-state index in [0.717, 1.165) is 25.3 Å². The molecule has 0 radical (unpaired) electrons. The smallest absolute Gasteiger partial charge is 0.122 e. The summed E-state index contributed by atoms with van der Waals surface area (Å²) in [6.45, 7) is 4.12. The highest BCUT2D eigenvalue weighted by atomic mass is 16.5. The topological polar surface area (TPSA) is 21.3 Å². The van der Waals surface area contributed by atoms with Crippen molar-refractivity contribution in [2.24, 2.45) is 0 Å². The fourth-order valence-corrected chi connectivity index (χ4v) is 2.16. The van der Waals surface area contributed by atoms with Gasteiger partial charge in [0.2, 0.25) is 0 Å². The lowest BCUT2D eigenvalue weighted by molar-refractivity contribution is 0.410. The molecule has 0 heterocycles. The van der Waals surface area contributed by atoms with Crippen LogP contribution in [0, 0.1) is 0 Å². The quantitative estimate of drug-likeness (QED) is 0.796. The molecule has 0 aliphatic carbocycles. The van der Waals surface area contributed by atoms with E-state index in [1.807, 2.05) is 0 Å². The second kappa shape index (κ2) is 5.69. The monoisotopic (exact) mass is 229 g/mol. The van der Waals surface area contributed by atoms with Crippen LogP contribution in [0.3, 0.4) is 0 Å². The van der Waals surface area contributed by atoms with Crippen molar-refractivity contribution in [2.75, 3.05) is 20.2 Å². The maximum atomic E-state index is 5.46. The molecule has 2 nitrogen and oxygen atoms in total. The van der Waals surface area contributed by atoms with Crippen LogP contribution in [0.4, 0.5) is 0 Å². The maximum Gasteiger partial charge on any atom is 0.122 e. The third kappa shape index (κ3) is 2.59. The molecule has 1 N–H and O–H groups in total. The average molecular weight is 229 g/mol. The van der Waals surface area contributed by atoms with Crippen molar-refractivity contribution in [3.8, 4) is 5.75 Å². The molecule has 0 aromatic heterocycles. The normalized spacial score (nSPS) is 10.7. The molecule has 0 aliphatic rings. The van der Waals surface area contributed by atoms with Crippen molar-refractivity contribution >= 4 is 10.8 Å². The van der Waals surface area contributed by atoms with Gasteiger partial charge in [-0.25, -0.2) is 0 Å². The molecule has 2 aromatic rings. The Morgan fingerprint density at radius 1 is 1.12 bits per heavy atom. The van der Waals surface area contributed by atoms with Gasteiger partial charge in [0.05, 0.1) is 7.11 Å². The van der Waals surface area contributed by atoms with Crippen molar-refractivity contribution in [1.29, 1.82) is 0 Å². The Balaban J connectivity index is 2.40. The van der Waals surface area contributed by atoms with Crippen LogP contribution in [0.25, 0.3) is 10.8 Å². The first-order chi connectivity index (χ1) is 8.36. The fraction of sp³-hybridized carbons (Fsp3) is 0.333. The number of ether oxygens (including phenoxy) is 1. The number of benzene rings is 2. The van der Waals surface area contributed by atoms with Crippen LogP contribution in [0.5, 0.6) is 5.75 Å². The van der Waals surface area contributed by atoms with Gasteiger partial charge in [-0.15, -0.1) is 0 Å². The summed E-state index contributed by atoms with van der Waals surface area (Å²) in [5.74, 6) is 0.988. The van der Waals surface area contributed by atoms with Crippen LogP contribution in [0.15, 0.2) is 36.4 Å². The molecule has 0 amide bonds. The van der Waals surface area contributed by atoms with E-state index in [9.17, 15) is 0 Å². The second-order valence-electron chi connectivity index (χ2n) is 4.07. The van der Waals surface area contributed by atoms with Crippen LogP contribution >= 0.6 is 0 Å². The largest absolute Gasteiger partial charge is 0.496 e. The lowest BCUT2D eigenvalue weighted by Gasteiger charge is -2.12. The highest BCUT2D eigenvalue weighted by molar-refractivity contribution is 5.87. The third-order valence-corrected chi connectivity index (χ3v) is 3.02. The molecular weight excluding hydrogens is 210 g/mol. The molecule has 2 rings (SSSR count). The highest BCUT2D eigenvalue weighted by Crippen LogP contribution is 2.28. The van der Waals surface area contributed by atoms with Gasteiger partial charge in [-0.2, -0.15) is 0 Å². The number of likely N-dealkylation sites (N-methyl/N-ethyl adjacent to an activating group) is 1. The first-order valence-corrected chi connectivity index (χ1v) is 6.12. The predicted molar refractivity (Wildman–Crippen MR) is 72.7 cm³/mol. The Morgan fingerprint density at radius 2 is 1.94 bits per heavy atom. The van der Waals surface area contributed by atoms with Crippen molar-refractivity contribution in [1.82, 2.24) is 5.32 Å². The molecule has 2 aromatic carbocycles. The summed E-state index contributed by atoms with van der Waals surface area (Å²) in [5, 5.41) is 5.93. The summed E-state index contributed by atoms with van der Waals surface area (Å²) in [5.41, 5.74) is 1.30. The third-order valence-electron chi connectivity index (χ3n) is 3.02. The predicted octanol–water partition coefficient (Wildman–Crippen LogP) is 3.00. The number of nitrogens with one attached hydrogen (secondary N) is 1. The standard InChI is InChI=1S/C15H19NO/c1-3-16-11-10-14-13-7-5-4-6-12(13)8-9-15(14)17-2/h4-9,16H,3,10-11H2,1-2H3. The van der Waals surface area contributed by atoms with Gasteiger partial charge in [0.25, 0.3) is 0 Å². The number of hydrogen-bond acceptors (Lipinski definition) is 2. The Morgan fingerprint density at radius 3 is 2.71 bits per heavy atom. The van der Waals surface area contributed by atoms with Crippen LogP contribution in [0.1, 0.15) is 12.5 Å². The molecule has 0 bridgehead atoms. The number of methoxy groups -OCH3 is 1. The molecule has 0 spiro atoms. The lowest BCUT2D eigenvalue weighted by Crippen LogP contribution is -2.16. The van der Waals surface area contributed by atoms with Crippen LogP contribution in [-0.2, 0) is 6.42 Å². The van der Waals surface area contributed by atoms with Crippen molar-refractivity contribution in [3.05, 3.63) is 42.0 Å². The summed E-state index contributed by atoms with van der Waals surface area (Å²) in [6.07, 6.45) is 0.998. The Labute approximate surface area is 103 Å². The summed E-state index contributed by atoms with van der Waals surface area (Å²) >= 11 is 0. The van der Waals surface area contributed by atoms with Gasteiger partial charge in [-0.3, -0.25) is 0 Å². The van der Waals surface area contributed by atoms with Crippen molar-refractivity contribution < 1.29 is 4.74 Å². The fourth-order valence-electron chi connectivity index (χ4n) is 2.16. The highest BCUT2D eigenvalue weighted by Gasteiger charge is 2.07. The summed E-state index contributed by atoms with van der Waals surface area (Å²) < 4.78 is 5.46. The number of hydrogen-bond donors (Lipinski definition) is 1. The number of fused-ring (bicyclic) bond motifs is 1. The van der Waals surface area contributed by atoms with E-state index < -0.39 is 0 Å². The molecule has 0 saturated carbocycles. The van der Waals surface area contributed by atoms with E-state index >= 15 is 0 Å². The molecule has 0 fully saturated rings. The summed E-state index contributed by atoms with van der Waals surface area (Å²) in [6, 6.07) is 12.6. The van der Waals surface area contributed by atoms with E-state index in [4.69, 9.17) is 4.74 Å². The van der Waals surface area contributed by atoms with Gasteiger partial charge in [-0.05, 0) is 36.3 Å². The zero-order valence-electron chi connectivity index (χ0n) is 10.5. The first-order valence-electron chi connectivity index (χ1n) is 6.12. The van der Waals surface area contributed by atoms with Gasteiger partial charge in [0.1, 0.15) is 5.75 Å². The zero-order chi connectivity index (χ0) is 12.1. The van der Waals surface area contributed by atoms with Gasteiger partial charge in [0, 0.05) is 5.56 Å². The van der Waals surface area contributed by atoms with Crippen LogP contribution in [-0.4, -0.2) is 20.2 Å². The van der Waals surface area contributed by atoms with E-state index in [2.05, 4.69) is 48.6 Å².